The lowest BCUT2D eigenvalue weighted by Gasteiger charge is -2.22. The third-order valence-corrected chi connectivity index (χ3v) is 4.76. The number of aliphatic imine (C=N–C) groups is 1. The van der Waals surface area contributed by atoms with Gasteiger partial charge in [-0.3, -0.25) is 4.99 Å². The molecular weight excluding hydrogens is 451 g/mol. The molecule has 3 rings (SSSR count). The van der Waals surface area contributed by atoms with Gasteiger partial charge in [0, 0.05) is 32.7 Å². The quantitative estimate of drug-likeness (QED) is 0.391. The lowest BCUT2D eigenvalue weighted by molar-refractivity contribution is 0.415. The number of rotatable bonds is 5. The van der Waals surface area contributed by atoms with Crippen LogP contribution < -0.4 is 20.3 Å². The Balaban J connectivity index is 0.00000261. The second kappa shape index (κ2) is 10.4. The first-order valence-electron chi connectivity index (χ1n) is 9.10. The third kappa shape index (κ3) is 5.76. The number of hydrogen-bond acceptors (Lipinski definition) is 3. The SMILES string of the molecule is CN=C(NCc1ccc(C)cc1)NC1CCN(c2ccccc2OC)C1.I. The summed E-state index contributed by atoms with van der Waals surface area (Å²) >= 11 is 0. The van der Waals surface area contributed by atoms with Crippen molar-refractivity contribution in [2.45, 2.75) is 25.9 Å². The summed E-state index contributed by atoms with van der Waals surface area (Å²) in [5.74, 6) is 1.77. The number of methoxy groups -OCH3 is 1. The standard InChI is InChI=1S/C21H28N4O.HI/c1-16-8-10-17(11-9-16)14-23-21(22-2)24-18-12-13-25(15-18)19-6-4-5-7-20(19)26-3;/h4-11,18H,12-15H2,1-3H3,(H2,22,23,24);1H. The molecule has 27 heavy (non-hydrogen) atoms. The highest BCUT2D eigenvalue weighted by molar-refractivity contribution is 14.0. The van der Waals surface area contributed by atoms with Gasteiger partial charge in [-0.25, -0.2) is 0 Å². The largest absolute Gasteiger partial charge is 0.495 e. The van der Waals surface area contributed by atoms with Crippen molar-refractivity contribution in [2.24, 2.45) is 4.99 Å². The average molecular weight is 480 g/mol. The first kappa shape index (κ1) is 21.3. The lowest BCUT2D eigenvalue weighted by atomic mass is 10.1. The molecular formula is C21H29IN4O. The Hall–Kier alpha value is -1.96. The summed E-state index contributed by atoms with van der Waals surface area (Å²) in [4.78, 5) is 6.73. The van der Waals surface area contributed by atoms with Gasteiger partial charge < -0.3 is 20.3 Å². The number of hydrogen-bond donors (Lipinski definition) is 2. The highest BCUT2D eigenvalue weighted by Crippen LogP contribution is 2.30. The molecule has 0 aromatic heterocycles. The van der Waals surface area contributed by atoms with Crippen LogP contribution in [0.5, 0.6) is 5.75 Å². The van der Waals surface area contributed by atoms with Crippen molar-refractivity contribution in [2.75, 3.05) is 32.1 Å². The van der Waals surface area contributed by atoms with Crippen LogP contribution in [0.2, 0.25) is 0 Å². The molecule has 0 spiro atoms. The Morgan fingerprint density at radius 3 is 2.63 bits per heavy atom. The fourth-order valence-electron chi connectivity index (χ4n) is 3.27. The maximum Gasteiger partial charge on any atom is 0.191 e. The van der Waals surface area contributed by atoms with Gasteiger partial charge >= 0.3 is 0 Å². The molecule has 0 amide bonds. The van der Waals surface area contributed by atoms with Crippen molar-refractivity contribution >= 4 is 35.6 Å². The Labute approximate surface area is 179 Å². The molecule has 5 nitrogen and oxygen atoms in total. The first-order valence-corrected chi connectivity index (χ1v) is 9.10. The zero-order valence-corrected chi connectivity index (χ0v) is 18.6. The molecule has 1 heterocycles. The van der Waals surface area contributed by atoms with Gasteiger partial charge in [0.2, 0.25) is 0 Å². The van der Waals surface area contributed by atoms with Gasteiger partial charge in [0.25, 0.3) is 0 Å². The number of ether oxygens (including phenoxy) is 1. The second-order valence-electron chi connectivity index (χ2n) is 6.66. The van der Waals surface area contributed by atoms with Gasteiger partial charge in [0.1, 0.15) is 5.75 Å². The number of nitrogens with zero attached hydrogens (tertiary/aromatic N) is 2. The molecule has 0 aliphatic carbocycles. The van der Waals surface area contributed by atoms with Crippen molar-refractivity contribution in [1.29, 1.82) is 0 Å². The zero-order chi connectivity index (χ0) is 18.4. The van der Waals surface area contributed by atoms with Crippen molar-refractivity contribution in [3.05, 3.63) is 59.7 Å². The summed E-state index contributed by atoms with van der Waals surface area (Å²) in [5, 5.41) is 6.95. The summed E-state index contributed by atoms with van der Waals surface area (Å²) in [7, 11) is 3.54. The number of guanidine groups is 1. The minimum absolute atomic E-state index is 0. The topological polar surface area (TPSA) is 48.9 Å². The van der Waals surface area contributed by atoms with E-state index < -0.39 is 0 Å². The van der Waals surface area contributed by atoms with Crippen molar-refractivity contribution in [3.63, 3.8) is 0 Å². The van der Waals surface area contributed by atoms with Gasteiger partial charge in [0.05, 0.1) is 12.8 Å². The molecule has 2 N–H and O–H groups in total. The molecule has 1 fully saturated rings. The van der Waals surface area contributed by atoms with E-state index in [1.54, 1.807) is 7.11 Å². The Kier molecular flexibility index (Phi) is 8.22. The number of halogens is 1. The smallest absolute Gasteiger partial charge is 0.191 e. The minimum Gasteiger partial charge on any atom is -0.495 e. The monoisotopic (exact) mass is 480 g/mol. The van der Waals surface area contributed by atoms with Crippen LogP contribution in [-0.4, -0.2) is 39.2 Å². The lowest BCUT2D eigenvalue weighted by Crippen LogP contribution is -2.44. The van der Waals surface area contributed by atoms with E-state index in [9.17, 15) is 0 Å². The van der Waals surface area contributed by atoms with E-state index in [1.807, 2.05) is 19.2 Å². The van der Waals surface area contributed by atoms with Crippen LogP contribution in [0.3, 0.4) is 0 Å². The molecule has 146 valence electrons. The second-order valence-corrected chi connectivity index (χ2v) is 6.66. The maximum absolute atomic E-state index is 5.49. The van der Waals surface area contributed by atoms with Crippen molar-refractivity contribution < 1.29 is 4.74 Å². The number of nitrogens with one attached hydrogen (secondary N) is 2. The average Bonchev–Trinajstić information content (AvgIpc) is 3.14. The molecule has 0 bridgehead atoms. The van der Waals surface area contributed by atoms with E-state index in [4.69, 9.17) is 4.74 Å². The molecule has 0 saturated carbocycles. The summed E-state index contributed by atoms with van der Waals surface area (Å²) in [6.45, 7) is 4.81. The number of aryl methyl sites for hydroxylation is 1. The predicted octanol–water partition coefficient (Wildman–Crippen LogP) is 3.57. The number of anilines is 1. The van der Waals surface area contributed by atoms with E-state index >= 15 is 0 Å². The molecule has 1 aliphatic heterocycles. The van der Waals surface area contributed by atoms with E-state index in [0.29, 0.717) is 6.04 Å². The molecule has 0 radical (unpaired) electrons. The van der Waals surface area contributed by atoms with Crippen LogP contribution in [0.1, 0.15) is 17.5 Å². The van der Waals surface area contributed by atoms with Crippen molar-refractivity contribution in [3.8, 4) is 5.75 Å². The summed E-state index contributed by atoms with van der Waals surface area (Å²) in [6, 6.07) is 17.1. The van der Waals surface area contributed by atoms with Crippen LogP contribution in [-0.2, 0) is 6.54 Å². The van der Waals surface area contributed by atoms with E-state index in [2.05, 4.69) is 63.8 Å². The third-order valence-electron chi connectivity index (χ3n) is 4.76. The molecule has 1 aliphatic rings. The minimum atomic E-state index is 0. The highest BCUT2D eigenvalue weighted by atomic mass is 127. The van der Waals surface area contributed by atoms with E-state index in [-0.39, 0.29) is 24.0 Å². The Morgan fingerprint density at radius 2 is 1.93 bits per heavy atom. The van der Waals surface area contributed by atoms with Gasteiger partial charge in [-0.2, -0.15) is 0 Å². The molecule has 1 atom stereocenters. The van der Waals surface area contributed by atoms with Gasteiger partial charge in [0.15, 0.2) is 5.96 Å². The normalized spacial score (nSPS) is 16.6. The van der Waals surface area contributed by atoms with Gasteiger partial charge in [-0.1, -0.05) is 42.0 Å². The van der Waals surface area contributed by atoms with E-state index in [0.717, 1.165) is 43.5 Å². The highest BCUT2D eigenvalue weighted by Gasteiger charge is 2.25. The number of benzene rings is 2. The first-order chi connectivity index (χ1) is 12.7. The van der Waals surface area contributed by atoms with E-state index in [1.165, 1.54) is 11.1 Å². The van der Waals surface area contributed by atoms with Crippen LogP contribution in [0.15, 0.2) is 53.5 Å². The van der Waals surface area contributed by atoms with Crippen LogP contribution >= 0.6 is 24.0 Å². The van der Waals surface area contributed by atoms with Crippen LogP contribution in [0.25, 0.3) is 0 Å². The fraction of sp³-hybridized carbons (Fsp3) is 0.381. The summed E-state index contributed by atoms with van der Waals surface area (Å²) in [5.41, 5.74) is 3.68. The number of para-hydroxylation sites is 2. The fourth-order valence-corrected chi connectivity index (χ4v) is 3.27. The molecule has 1 saturated heterocycles. The maximum atomic E-state index is 5.49. The summed E-state index contributed by atoms with van der Waals surface area (Å²) in [6.07, 6.45) is 1.07. The molecule has 2 aromatic carbocycles. The van der Waals surface area contributed by atoms with Crippen LogP contribution in [0, 0.1) is 6.92 Å². The van der Waals surface area contributed by atoms with Crippen LogP contribution in [0.4, 0.5) is 5.69 Å². The van der Waals surface area contributed by atoms with Gasteiger partial charge in [-0.15, -0.1) is 24.0 Å². The predicted molar refractivity (Wildman–Crippen MR) is 124 cm³/mol. The van der Waals surface area contributed by atoms with Crippen molar-refractivity contribution in [1.82, 2.24) is 10.6 Å². The molecule has 2 aromatic rings. The zero-order valence-electron chi connectivity index (χ0n) is 16.2. The Bertz CT molecular complexity index is 748. The molecule has 6 heteroatoms. The summed E-state index contributed by atoms with van der Waals surface area (Å²) < 4.78 is 5.49. The Morgan fingerprint density at radius 1 is 1.19 bits per heavy atom. The van der Waals surface area contributed by atoms with Gasteiger partial charge in [-0.05, 0) is 31.0 Å². The molecule has 1 unspecified atom stereocenters.